The minimum atomic E-state index is -0.193. The fourth-order valence-electron chi connectivity index (χ4n) is 1.78. The number of alkyl halides is 1. The van der Waals surface area contributed by atoms with Gasteiger partial charge in [0.15, 0.2) is 5.78 Å². The van der Waals surface area contributed by atoms with E-state index in [2.05, 4.69) is 22.6 Å². The van der Waals surface area contributed by atoms with Gasteiger partial charge in [-0.25, -0.2) is 0 Å². The predicted octanol–water partition coefficient (Wildman–Crippen LogP) is 3.83. The van der Waals surface area contributed by atoms with E-state index >= 15 is 0 Å². The fraction of sp³-hybridized carbons (Fsp3) is 0.188. The zero-order valence-electron chi connectivity index (χ0n) is 10.9. The third-order valence-corrected chi connectivity index (χ3v) is 3.56. The van der Waals surface area contributed by atoms with Crippen molar-refractivity contribution < 1.29 is 14.6 Å². The number of hydrogen-bond donors (Lipinski definition) is 1. The van der Waals surface area contributed by atoms with Crippen LogP contribution in [-0.2, 0) is 0 Å². The molecule has 104 valence electrons. The zero-order valence-corrected chi connectivity index (χ0v) is 13.0. The molecule has 1 N–H and O–H groups in total. The minimum Gasteiger partial charge on any atom is -0.507 e. The number of phenolic OH excluding ortho intramolecular Hbond substituents is 1. The maximum Gasteiger partial charge on any atom is 0.196 e. The summed E-state index contributed by atoms with van der Waals surface area (Å²) in [6.45, 7) is 0.606. The maximum atomic E-state index is 12.2. The van der Waals surface area contributed by atoms with Crippen molar-refractivity contribution in [2.75, 3.05) is 11.0 Å². The highest BCUT2D eigenvalue weighted by Gasteiger charge is 2.13. The van der Waals surface area contributed by atoms with Gasteiger partial charge in [-0.05, 0) is 18.6 Å². The highest BCUT2D eigenvalue weighted by atomic mass is 127. The number of benzene rings is 2. The smallest absolute Gasteiger partial charge is 0.196 e. The Kier molecular flexibility index (Phi) is 5.40. The molecule has 0 spiro atoms. The fourth-order valence-corrected chi connectivity index (χ4v) is 2.09. The molecular weight excluding hydrogens is 367 g/mol. The van der Waals surface area contributed by atoms with Crippen molar-refractivity contribution in [3.8, 4) is 11.5 Å². The van der Waals surface area contributed by atoms with Crippen LogP contribution >= 0.6 is 22.6 Å². The van der Waals surface area contributed by atoms with E-state index in [-0.39, 0.29) is 17.1 Å². The lowest BCUT2D eigenvalue weighted by Gasteiger charge is -2.08. The molecule has 0 amide bonds. The molecule has 0 aliphatic carbocycles. The van der Waals surface area contributed by atoms with E-state index in [1.807, 2.05) is 6.07 Å². The lowest BCUT2D eigenvalue weighted by atomic mass is 10.0. The number of rotatable bonds is 6. The van der Waals surface area contributed by atoms with Crippen molar-refractivity contribution in [3.05, 3.63) is 59.7 Å². The van der Waals surface area contributed by atoms with Crippen molar-refractivity contribution >= 4 is 28.4 Å². The van der Waals surface area contributed by atoms with E-state index in [9.17, 15) is 9.90 Å². The van der Waals surface area contributed by atoms with E-state index < -0.39 is 0 Å². The standard InChI is InChI=1S/C16H15IO3/c17-9-4-10-20-13-7-8-14(15(18)11-13)16(19)12-5-2-1-3-6-12/h1-3,5-8,11,18H,4,9-10H2. The Morgan fingerprint density at radius 1 is 1.15 bits per heavy atom. The molecule has 4 heteroatoms. The quantitative estimate of drug-likeness (QED) is 0.358. The molecule has 2 aromatic carbocycles. The summed E-state index contributed by atoms with van der Waals surface area (Å²) in [4.78, 5) is 12.2. The Hall–Kier alpha value is -1.56. The van der Waals surface area contributed by atoms with Gasteiger partial charge in [-0.1, -0.05) is 52.9 Å². The van der Waals surface area contributed by atoms with E-state index in [1.54, 1.807) is 36.4 Å². The second-order valence-electron chi connectivity index (χ2n) is 4.27. The van der Waals surface area contributed by atoms with Crippen LogP contribution < -0.4 is 4.74 Å². The first-order valence-electron chi connectivity index (χ1n) is 6.34. The van der Waals surface area contributed by atoms with Crippen LogP contribution in [0.1, 0.15) is 22.3 Å². The van der Waals surface area contributed by atoms with E-state index in [4.69, 9.17) is 4.74 Å². The highest BCUT2D eigenvalue weighted by molar-refractivity contribution is 14.1. The van der Waals surface area contributed by atoms with Crippen molar-refractivity contribution in [1.82, 2.24) is 0 Å². The number of carbonyl (C=O) groups excluding carboxylic acids is 1. The lowest BCUT2D eigenvalue weighted by molar-refractivity contribution is 0.103. The van der Waals surface area contributed by atoms with Crippen molar-refractivity contribution in [2.45, 2.75) is 6.42 Å². The number of halogens is 1. The Balaban J connectivity index is 2.15. The summed E-state index contributed by atoms with van der Waals surface area (Å²) in [5.74, 6) is 0.338. The number of carbonyl (C=O) groups is 1. The van der Waals surface area contributed by atoms with Crippen LogP contribution in [-0.4, -0.2) is 21.9 Å². The minimum absolute atomic E-state index is 0.0502. The van der Waals surface area contributed by atoms with Crippen molar-refractivity contribution in [3.63, 3.8) is 0 Å². The van der Waals surface area contributed by atoms with Crippen molar-refractivity contribution in [2.24, 2.45) is 0 Å². The molecule has 0 aliphatic rings. The summed E-state index contributed by atoms with van der Waals surface area (Å²) in [7, 11) is 0. The van der Waals surface area contributed by atoms with Crippen LogP contribution in [0.5, 0.6) is 11.5 Å². The number of aromatic hydroxyl groups is 1. The molecule has 0 aromatic heterocycles. The van der Waals surface area contributed by atoms with Gasteiger partial charge in [-0.2, -0.15) is 0 Å². The highest BCUT2D eigenvalue weighted by Crippen LogP contribution is 2.26. The molecule has 0 radical (unpaired) electrons. The van der Waals surface area contributed by atoms with Gasteiger partial charge in [0.1, 0.15) is 11.5 Å². The first kappa shape index (κ1) is 14.8. The summed E-state index contributed by atoms with van der Waals surface area (Å²) < 4.78 is 6.51. The molecule has 2 rings (SSSR count). The average Bonchev–Trinajstić information content (AvgIpc) is 2.48. The van der Waals surface area contributed by atoms with Crippen LogP contribution in [0.2, 0.25) is 0 Å². The van der Waals surface area contributed by atoms with Gasteiger partial charge >= 0.3 is 0 Å². The molecule has 0 aliphatic heterocycles. The van der Waals surface area contributed by atoms with E-state index in [1.165, 1.54) is 6.07 Å². The summed E-state index contributed by atoms with van der Waals surface area (Å²) in [5.41, 5.74) is 0.846. The number of hydrogen-bond acceptors (Lipinski definition) is 3. The first-order chi connectivity index (χ1) is 9.72. The van der Waals surface area contributed by atoms with Crippen LogP contribution in [0.4, 0.5) is 0 Å². The summed E-state index contributed by atoms with van der Waals surface area (Å²) in [6, 6.07) is 13.7. The van der Waals surface area contributed by atoms with Gasteiger partial charge in [0.05, 0.1) is 12.2 Å². The molecule has 3 nitrogen and oxygen atoms in total. The number of phenols is 1. The monoisotopic (exact) mass is 382 g/mol. The van der Waals surface area contributed by atoms with Gasteiger partial charge in [0.2, 0.25) is 0 Å². The lowest BCUT2D eigenvalue weighted by Crippen LogP contribution is -2.02. The third kappa shape index (κ3) is 3.72. The van der Waals surface area contributed by atoms with Crippen LogP contribution in [0.25, 0.3) is 0 Å². The van der Waals surface area contributed by atoms with Crippen molar-refractivity contribution in [1.29, 1.82) is 0 Å². The van der Waals surface area contributed by atoms with Gasteiger partial charge in [0.25, 0.3) is 0 Å². The summed E-state index contributed by atoms with van der Waals surface area (Å²) >= 11 is 2.28. The summed E-state index contributed by atoms with van der Waals surface area (Å²) in [6.07, 6.45) is 0.950. The zero-order chi connectivity index (χ0) is 14.4. The normalized spacial score (nSPS) is 10.2. The van der Waals surface area contributed by atoms with E-state index in [0.29, 0.717) is 17.9 Å². The Morgan fingerprint density at radius 3 is 2.55 bits per heavy atom. The SMILES string of the molecule is O=C(c1ccccc1)c1ccc(OCCCI)cc1O. The number of ketones is 1. The molecule has 0 atom stereocenters. The average molecular weight is 382 g/mol. The topological polar surface area (TPSA) is 46.5 Å². The molecule has 0 bridgehead atoms. The predicted molar refractivity (Wildman–Crippen MR) is 87.0 cm³/mol. The molecule has 0 saturated heterocycles. The van der Waals surface area contributed by atoms with Crippen LogP contribution in [0.15, 0.2) is 48.5 Å². The van der Waals surface area contributed by atoms with Gasteiger partial charge in [0, 0.05) is 16.1 Å². The summed E-state index contributed by atoms with van der Waals surface area (Å²) in [5, 5.41) is 9.98. The van der Waals surface area contributed by atoms with Crippen LogP contribution in [0, 0.1) is 0 Å². The van der Waals surface area contributed by atoms with Gasteiger partial charge in [-0.15, -0.1) is 0 Å². The first-order valence-corrected chi connectivity index (χ1v) is 7.86. The Bertz CT molecular complexity index is 582. The molecule has 20 heavy (non-hydrogen) atoms. The number of ether oxygens (including phenoxy) is 1. The molecule has 0 heterocycles. The van der Waals surface area contributed by atoms with Crippen LogP contribution in [0.3, 0.4) is 0 Å². The molecular formula is C16H15IO3. The third-order valence-electron chi connectivity index (χ3n) is 2.80. The second kappa shape index (κ2) is 7.28. The maximum absolute atomic E-state index is 12.2. The molecule has 2 aromatic rings. The Morgan fingerprint density at radius 2 is 1.90 bits per heavy atom. The largest absolute Gasteiger partial charge is 0.507 e. The molecule has 0 fully saturated rings. The Labute approximate surface area is 131 Å². The molecule has 0 saturated carbocycles. The van der Waals surface area contributed by atoms with E-state index in [0.717, 1.165) is 10.8 Å². The molecule has 0 unspecified atom stereocenters. The second-order valence-corrected chi connectivity index (χ2v) is 5.34. The van der Waals surface area contributed by atoms with Gasteiger partial charge < -0.3 is 9.84 Å². The van der Waals surface area contributed by atoms with Gasteiger partial charge in [-0.3, -0.25) is 4.79 Å².